The molecule has 1 heterocycles. The molecule has 5 heteroatoms. The van der Waals surface area contributed by atoms with Gasteiger partial charge in [-0.2, -0.15) is 0 Å². The normalized spacial score (nSPS) is 27.9. The average Bonchev–Trinajstić information content (AvgIpc) is 2.62. The third kappa shape index (κ3) is 7.53. The van der Waals surface area contributed by atoms with Crippen molar-refractivity contribution < 1.29 is 0 Å². The van der Waals surface area contributed by atoms with Crippen LogP contribution in [-0.4, -0.2) is 74.2 Å². The van der Waals surface area contributed by atoms with Crippen LogP contribution in [0.2, 0.25) is 0 Å². The Balaban J connectivity index is 1.73. The monoisotopic (exact) mass is 351 g/mol. The molecule has 1 unspecified atom stereocenters. The second-order valence-corrected chi connectivity index (χ2v) is 8.16. The van der Waals surface area contributed by atoms with Gasteiger partial charge in [0.25, 0.3) is 0 Å². The molecule has 2 fully saturated rings. The van der Waals surface area contributed by atoms with Crippen LogP contribution in [0.5, 0.6) is 0 Å². The molecule has 1 saturated heterocycles. The Hall–Kier alpha value is -0.810. The van der Waals surface area contributed by atoms with Crippen LogP contribution in [0.3, 0.4) is 0 Å². The van der Waals surface area contributed by atoms with E-state index in [0.29, 0.717) is 12.0 Å². The number of nitrogens with zero attached hydrogens (tertiary/aromatic N) is 3. The number of rotatable bonds is 7. The molecule has 2 N–H and O–H groups in total. The zero-order valence-electron chi connectivity index (χ0n) is 17.1. The molecular formula is C20H41N5. The zero-order chi connectivity index (χ0) is 18.1. The Morgan fingerprint density at radius 1 is 1.04 bits per heavy atom. The Labute approximate surface area is 155 Å². The van der Waals surface area contributed by atoms with Gasteiger partial charge in [-0.15, -0.1) is 0 Å². The van der Waals surface area contributed by atoms with Crippen LogP contribution in [-0.2, 0) is 0 Å². The fourth-order valence-electron chi connectivity index (χ4n) is 3.95. The fraction of sp³-hybridized carbons (Fsp3) is 0.950. The van der Waals surface area contributed by atoms with Gasteiger partial charge >= 0.3 is 0 Å². The smallest absolute Gasteiger partial charge is 0.191 e. The Morgan fingerprint density at radius 3 is 2.28 bits per heavy atom. The lowest BCUT2D eigenvalue weighted by Crippen LogP contribution is -2.47. The van der Waals surface area contributed by atoms with Crippen LogP contribution in [0.4, 0.5) is 0 Å². The minimum Gasteiger partial charge on any atom is -0.357 e. The highest BCUT2D eigenvalue weighted by atomic mass is 15.3. The van der Waals surface area contributed by atoms with E-state index in [1.165, 1.54) is 65.0 Å². The van der Waals surface area contributed by atoms with Gasteiger partial charge in [-0.3, -0.25) is 4.99 Å². The molecule has 1 saturated carbocycles. The first-order valence-electron chi connectivity index (χ1n) is 10.6. The Kier molecular flexibility index (Phi) is 9.04. The number of piperazine rings is 1. The molecule has 0 aromatic heterocycles. The third-order valence-electron chi connectivity index (χ3n) is 5.74. The summed E-state index contributed by atoms with van der Waals surface area (Å²) < 4.78 is 0. The lowest BCUT2D eigenvalue weighted by atomic mass is 9.87. The van der Waals surface area contributed by atoms with Gasteiger partial charge in [0.15, 0.2) is 5.96 Å². The molecule has 0 radical (unpaired) electrons. The lowest BCUT2D eigenvalue weighted by Gasteiger charge is -2.35. The van der Waals surface area contributed by atoms with Crippen LogP contribution in [0.25, 0.3) is 0 Å². The van der Waals surface area contributed by atoms with Gasteiger partial charge in [0.2, 0.25) is 0 Å². The van der Waals surface area contributed by atoms with E-state index >= 15 is 0 Å². The molecule has 0 spiro atoms. The average molecular weight is 352 g/mol. The van der Waals surface area contributed by atoms with E-state index < -0.39 is 0 Å². The van der Waals surface area contributed by atoms with Crippen molar-refractivity contribution in [2.24, 2.45) is 16.8 Å². The number of aliphatic imine (C=N–C) groups is 1. The number of hydrogen-bond acceptors (Lipinski definition) is 3. The summed E-state index contributed by atoms with van der Waals surface area (Å²) in [5.41, 5.74) is 0. The van der Waals surface area contributed by atoms with E-state index in [1.807, 2.05) is 0 Å². The molecule has 5 nitrogen and oxygen atoms in total. The standard InChI is InChI=1S/C20H41N5/c1-5-21-20(23-19-9-7-17(3)8-10-19)22-15-18(4)16-25-13-11-24(6-2)12-14-25/h17-19H,5-16H2,1-4H3,(H2,21,22,23). The molecular weight excluding hydrogens is 310 g/mol. The van der Waals surface area contributed by atoms with Gasteiger partial charge in [-0.25, -0.2) is 0 Å². The quantitative estimate of drug-likeness (QED) is 0.546. The summed E-state index contributed by atoms with van der Waals surface area (Å²) in [6.45, 7) is 18.2. The minimum atomic E-state index is 0.603. The highest BCUT2D eigenvalue weighted by molar-refractivity contribution is 5.80. The maximum absolute atomic E-state index is 4.88. The van der Waals surface area contributed by atoms with Gasteiger partial charge in [-0.05, 0) is 51.0 Å². The van der Waals surface area contributed by atoms with Crippen LogP contribution in [0.1, 0.15) is 53.4 Å². The zero-order valence-corrected chi connectivity index (χ0v) is 17.1. The highest BCUT2D eigenvalue weighted by Crippen LogP contribution is 2.23. The maximum atomic E-state index is 4.88. The minimum absolute atomic E-state index is 0.603. The van der Waals surface area contributed by atoms with E-state index in [1.54, 1.807) is 0 Å². The summed E-state index contributed by atoms with van der Waals surface area (Å²) in [4.78, 5) is 10.0. The second kappa shape index (κ2) is 11.0. The maximum Gasteiger partial charge on any atom is 0.191 e. The molecule has 25 heavy (non-hydrogen) atoms. The molecule has 2 rings (SSSR count). The summed E-state index contributed by atoms with van der Waals surface area (Å²) in [6, 6.07) is 0.603. The van der Waals surface area contributed by atoms with Crippen molar-refractivity contribution in [3.63, 3.8) is 0 Å². The van der Waals surface area contributed by atoms with Gasteiger partial charge in [-0.1, -0.05) is 20.8 Å². The van der Waals surface area contributed by atoms with Crippen molar-refractivity contribution in [3.8, 4) is 0 Å². The molecule has 1 aliphatic heterocycles. The molecule has 2 aliphatic rings. The van der Waals surface area contributed by atoms with Crippen LogP contribution in [0.15, 0.2) is 4.99 Å². The number of likely N-dealkylation sites (N-methyl/N-ethyl adjacent to an activating group) is 1. The van der Waals surface area contributed by atoms with E-state index in [-0.39, 0.29) is 0 Å². The van der Waals surface area contributed by atoms with Crippen molar-refractivity contribution in [2.75, 3.05) is 52.4 Å². The number of hydrogen-bond donors (Lipinski definition) is 2. The summed E-state index contributed by atoms with van der Waals surface area (Å²) in [6.07, 6.45) is 5.25. The molecule has 1 atom stereocenters. The Morgan fingerprint density at radius 2 is 1.68 bits per heavy atom. The topological polar surface area (TPSA) is 42.9 Å². The number of nitrogens with one attached hydrogen (secondary N) is 2. The van der Waals surface area contributed by atoms with Crippen LogP contribution in [0, 0.1) is 11.8 Å². The summed E-state index contributed by atoms with van der Waals surface area (Å²) in [5.74, 6) is 2.52. The first-order chi connectivity index (χ1) is 12.1. The van der Waals surface area contributed by atoms with Crippen molar-refractivity contribution in [2.45, 2.75) is 59.4 Å². The highest BCUT2D eigenvalue weighted by Gasteiger charge is 2.20. The second-order valence-electron chi connectivity index (χ2n) is 8.16. The lowest BCUT2D eigenvalue weighted by molar-refractivity contribution is 0.125. The van der Waals surface area contributed by atoms with E-state index in [9.17, 15) is 0 Å². The molecule has 0 aromatic carbocycles. The molecule has 146 valence electrons. The van der Waals surface area contributed by atoms with Crippen LogP contribution < -0.4 is 10.6 Å². The third-order valence-corrected chi connectivity index (χ3v) is 5.74. The van der Waals surface area contributed by atoms with Crippen molar-refractivity contribution in [3.05, 3.63) is 0 Å². The largest absolute Gasteiger partial charge is 0.357 e. The number of guanidine groups is 1. The van der Waals surface area contributed by atoms with E-state index in [2.05, 4.69) is 48.1 Å². The predicted molar refractivity (Wildman–Crippen MR) is 108 cm³/mol. The van der Waals surface area contributed by atoms with Gasteiger partial charge in [0.05, 0.1) is 0 Å². The summed E-state index contributed by atoms with van der Waals surface area (Å²) >= 11 is 0. The van der Waals surface area contributed by atoms with Gasteiger partial charge in [0.1, 0.15) is 0 Å². The fourth-order valence-corrected chi connectivity index (χ4v) is 3.95. The van der Waals surface area contributed by atoms with E-state index in [0.717, 1.165) is 25.0 Å². The first kappa shape index (κ1) is 20.5. The SMILES string of the molecule is CCNC(=NCC(C)CN1CCN(CC)CC1)NC1CCC(C)CC1. The van der Waals surface area contributed by atoms with Gasteiger partial charge < -0.3 is 20.4 Å². The first-order valence-corrected chi connectivity index (χ1v) is 10.6. The predicted octanol–water partition coefficient (Wildman–Crippen LogP) is 2.39. The molecule has 0 bridgehead atoms. The summed E-state index contributed by atoms with van der Waals surface area (Å²) in [5, 5.41) is 7.10. The molecule has 0 aromatic rings. The molecule has 1 aliphatic carbocycles. The van der Waals surface area contributed by atoms with Gasteiger partial charge in [0, 0.05) is 51.9 Å². The van der Waals surface area contributed by atoms with Crippen molar-refractivity contribution in [1.29, 1.82) is 0 Å². The van der Waals surface area contributed by atoms with Crippen molar-refractivity contribution >= 4 is 5.96 Å². The molecule has 0 amide bonds. The summed E-state index contributed by atoms with van der Waals surface area (Å²) in [7, 11) is 0. The van der Waals surface area contributed by atoms with Crippen LogP contribution >= 0.6 is 0 Å². The van der Waals surface area contributed by atoms with E-state index in [4.69, 9.17) is 4.99 Å². The Bertz CT molecular complexity index is 382. The van der Waals surface area contributed by atoms with Crippen molar-refractivity contribution in [1.82, 2.24) is 20.4 Å².